The Morgan fingerprint density at radius 1 is 1.13 bits per heavy atom. The molecule has 0 aliphatic rings. The number of carbonyl (C=O) groups is 1. The zero-order chi connectivity index (χ0) is 17.0. The van der Waals surface area contributed by atoms with Gasteiger partial charge in [-0.1, -0.05) is 29.8 Å². The van der Waals surface area contributed by atoms with Gasteiger partial charge >= 0.3 is 12.3 Å². The van der Waals surface area contributed by atoms with Gasteiger partial charge in [-0.2, -0.15) is 0 Å². The molecule has 0 heterocycles. The van der Waals surface area contributed by atoms with Gasteiger partial charge in [-0.3, -0.25) is 0 Å². The van der Waals surface area contributed by atoms with Gasteiger partial charge in [-0.15, -0.1) is 13.2 Å². The molecule has 0 unspecified atom stereocenters. The van der Waals surface area contributed by atoms with Gasteiger partial charge in [0.25, 0.3) is 0 Å². The van der Waals surface area contributed by atoms with Crippen LogP contribution in [0.1, 0.15) is 5.56 Å². The van der Waals surface area contributed by atoms with Crippen LogP contribution in [0.2, 0.25) is 5.02 Å². The number of ether oxygens (including phenoxy) is 1. The minimum absolute atomic E-state index is 0.328. The van der Waals surface area contributed by atoms with Gasteiger partial charge in [0.1, 0.15) is 5.75 Å². The monoisotopic (exact) mass is 342 g/mol. The van der Waals surface area contributed by atoms with E-state index < -0.39 is 12.3 Å². The van der Waals surface area contributed by atoms with E-state index in [4.69, 9.17) is 16.7 Å². The summed E-state index contributed by atoms with van der Waals surface area (Å²) in [6.07, 6.45) is -2.54. The average molecular weight is 343 g/mol. The molecule has 0 aliphatic heterocycles. The maximum Gasteiger partial charge on any atom is 0.573 e. The van der Waals surface area contributed by atoms with E-state index >= 15 is 0 Å². The lowest BCUT2D eigenvalue weighted by Gasteiger charge is -2.10. The van der Waals surface area contributed by atoms with Crippen LogP contribution in [-0.2, 0) is 4.79 Å². The molecule has 7 heteroatoms. The Morgan fingerprint density at radius 2 is 1.83 bits per heavy atom. The van der Waals surface area contributed by atoms with Crippen LogP contribution in [0.4, 0.5) is 13.2 Å². The summed E-state index contributed by atoms with van der Waals surface area (Å²) in [6.45, 7) is 0. The topological polar surface area (TPSA) is 46.5 Å². The number of carboxylic acids is 1. The van der Waals surface area contributed by atoms with E-state index in [0.29, 0.717) is 21.7 Å². The Bertz CT molecular complexity index is 754. The lowest BCUT2D eigenvalue weighted by molar-refractivity contribution is -0.274. The smallest absolute Gasteiger partial charge is 0.478 e. The normalized spacial score (nSPS) is 11.7. The largest absolute Gasteiger partial charge is 0.573 e. The summed E-state index contributed by atoms with van der Waals surface area (Å²) in [4.78, 5) is 10.6. The van der Waals surface area contributed by atoms with Crippen molar-refractivity contribution in [3.05, 3.63) is 59.1 Å². The van der Waals surface area contributed by atoms with E-state index in [1.807, 2.05) is 0 Å². The highest BCUT2D eigenvalue weighted by Crippen LogP contribution is 2.30. The fraction of sp³-hybridized carbons (Fsp3) is 0.0625. The Balaban J connectivity index is 2.37. The summed E-state index contributed by atoms with van der Waals surface area (Å²) >= 11 is 5.97. The molecule has 0 spiro atoms. The summed E-state index contributed by atoms with van der Waals surface area (Å²) in [5.74, 6) is -1.47. The van der Waals surface area contributed by atoms with Crippen molar-refractivity contribution in [2.24, 2.45) is 0 Å². The number of halogens is 4. The first-order valence-electron chi connectivity index (χ1n) is 6.31. The molecule has 120 valence electrons. The Kier molecular flexibility index (Phi) is 4.95. The van der Waals surface area contributed by atoms with Crippen LogP contribution in [0.25, 0.3) is 17.2 Å². The predicted octanol–water partition coefficient (Wildman–Crippen LogP) is 5.00. The molecule has 0 aromatic heterocycles. The maximum absolute atomic E-state index is 12.3. The number of hydrogen-bond donors (Lipinski definition) is 1. The molecule has 2 aromatic rings. The molecule has 0 saturated heterocycles. The van der Waals surface area contributed by atoms with E-state index in [1.165, 1.54) is 30.3 Å². The van der Waals surface area contributed by atoms with Crippen LogP contribution >= 0.6 is 11.6 Å². The van der Waals surface area contributed by atoms with Crippen molar-refractivity contribution in [1.82, 2.24) is 0 Å². The quantitative estimate of drug-likeness (QED) is 0.795. The second kappa shape index (κ2) is 6.75. The van der Waals surface area contributed by atoms with Gasteiger partial charge in [0.2, 0.25) is 0 Å². The Morgan fingerprint density at radius 3 is 2.48 bits per heavy atom. The van der Waals surface area contributed by atoms with Crippen LogP contribution in [0.15, 0.2) is 48.5 Å². The molecule has 0 amide bonds. The molecule has 3 nitrogen and oxygen atoms in total. The van der Waals surface area contributed by atoms with Crippen LogP contribution in [-0.4, -0.2) is 17.4 Å². The third-order valence-corrected chi connectivity index (χ3v) is 3.15. The van der Waals surface area contributed by atoms with E-state index in [2.05, 4.69) is 4.74 Å². The average Bonchev–Trinajstić information content (AvgIpc) is 2.44. The Hall–Kier alpha value is -2.47. The standard InChI is InChI=1S/C16H10ClF3O3/c17-14-6-4-11(8-12(14)5-7-15(21)22)10-2-1-3-13(9-10)23-16(18,19)20/h1-9H,(H,21,22)/b7-5+. The first kappa shape index (κ1) is 16.9. The zero-order valence-electron chi connectivity index (χ0n) is 11.5. The number of carboxylic acid groups (broad SMARTS) is 1. The lowest BCUT2D eigenvalue weighted by Crippen LogP contribution is -2.17. The van der Waals surface area contributed by atoms with E-state index in [-0.39, 0.29) is 5.75 Å². The molecule has 0 bridgehead atoms. The molecule has 2 aromatic carbocycles. The molecular formula is C16H10ClF3O3. The highest BCUT2D eigenvalue weighted by Gasteiger charge is 2.31. The number of rotatable bonds is 4. The van der Waals surface area contributed by atoms with Gasteiger partial charge < -0.3 is 9.84 Å². The number of benzene rings is 2. The minimum Gasteiger partial charge on any atom is -0.478 e. The molecular weight excluding hydrogens is 333 g/mol. The third kappa shape index (κ3) is 5.03. The fourth-order valence-corrected chi connectivity index (χ4v) is 2.07. The second-order valence-electron chi connectivity index (χ2n) is 4.48. The van der Waals surface area contributed by atoms with Gasteiger partial charge in [0, 0.05) is 11.1 Å². The molecule has 0 aliphatic carbocycles. The first-order chi connectivity index (χ1) is 10.7. The van der Waals surface area contributed by atoms with Crippen LogP contribution in [0.3, 0.4) is 0 Å². The summed E-state index contributed by atoms with van der Waals surface area (Å²) in [7, 11) is 0. The highest BCUT2D eigenvalue weighted by atomic mass is 35.5. The van der Waals surface area contributed by atoms with Crippen molar-refractivity contribution in [2.75, 3.05) is 0 Å². The SMILES string of the molecule is O=C(O)/C=C/c1cc(-c2cccc(OC(F)(F)F)c2)ccc1Cl. The van der Waals surface area contributed by atoms with Gasteiger partial charge in [0.15, 0.2) is 0 Å². The molecule has 23 heavy (non-hydrogen) atoms. The second-order valence-corrected chi connectivity index (χ2v) is 4.89. The van der Waals surface area contributed by atoms with E-state index in [0.717, 1.165) is 6.08 Å². The summed E-state index contributed by atoms with van der Waals surface area (Å²) in [6, 6.07) is 10.2. The molecule has 2 rings (SSSR count). The van der Waals surface area contributed by atoms with Crippen LogP contribution in [0, 0.1) is 0 Å². The summed E-state index contributed by atoms with van der Waals surface area (Å²) in [5.41, 5.74) is 1.49. The molecule has 0 saturated carbocycles. The first-order valence-corrected chi connectivity index (χ1v) is 6.69. The molecule has 0 radical (unpaired) electrons. The number of hydrogen-bond acceptors (Lipinski definition) is 2. The van der Waals surface area contributed by atoms with Crippen molar-refractivity contribution in [3.8, 4) is 16.9 Å². The van der Waals surface area contributed by atoms with Crippen molar-refractivity contribution >= 4 is 23.6 Å². The zero-order valence-corrected chi connectivity index (χ0v) is 12.2. The summed E-state index contributed by atoms with van der Waals surface area (Å²) in [5, 5.41) is 8.97. The predicted molar refractivity (Wildman–Crippen MR) is 80.2 cm³/mol. The van der Waals surface area contributed by atoms with Gasteiger partial charge in [-0.05, 0) is 47.0 Å². The van der Waals surface area contributed by atoms with Crippen LogP contribution < -0.4 is 4.74 Å². The van der Waals surface area contributed by atoms with Crippen molar-refractivity contribution in [3.63, 3.8) is 0 Å². The van der Waals surface area contributed by atoms with Gasteiger partial charge in [0.05, 0.1) is 0 Å². The fourth-order valence-electron chi connectivity index (χ4n) is 1.88. The van der Waals surface area contributed by atoms with E-state index in [9.17, 15) is 18.0 Å². The maximum atomic E-state index is 12.3. The van der Waals surface area contributed by atoms with Crippen molar-refractivity contribution in [1.29, 1.82) is 0 Å². The minimum atomic E-state index is -4.77. The van der Waals surface area contributed by atoms with Gasteiger partial charge in [-0.25, -0.2) is 4.79 Å². The van der Waals surface area contributed by atoms with E-state index in [1.54, 1.807) is 18.2 Å². The molecule has 0 fully saturated rings. The molecule has 1 N–H and O–H groups in total. The number of alkyl halides is 3. The lowest BCUT2D eigenvalue weighted by atomic mass is 10.0. The Labute approximate surface area is 134 Å². The van der Waals surface area contributed by atoms with Crippen LogP contribution in [0.5, 0.6) is 5.75 Å². The number of aliphatic carboxylic acids is 1. The highest BCUT2D eigenvalue weighted by molar-refractivity contribution is 6.32. The van der Waals surface area contributed by atoms with Crippen molar-refractivity contribution in [2.45, 2.75) is 6.36 Å². The molecule has 0 atom stereocenters. The summed E-state index contributed by atoms with van der Waals surface area (Å²) < 4.78 is 40.7. The van der Waals surface area contributed by atoms with Crippen molar-refractivity contribution < 1.29 is 27.8 Å². The third-order valence-electron chi connectivity index (χ3n) is 2.80.